The van der Waals surface area contributed by atoms with Crippen LogP contribution in [-0.2, 0) is 16.0 Å². The zero-order valence-corrected chi connectivity index (χ0v) is 13.3. The predicted octanol–water partition coefficient (Wildman–Crippen LogP) is 1.10. The molecule has 0 spiro atoms. The molecular weight excluding hydrogens is 280 g/mol. The van der Waals surface area contributed by atoms with Gasteiger partial charge in [-0.05, 0) is 24.6 Å². The largest absolute Gasteiger partial charge is 0.394 e. The molecule has 3 rings (SSSR count). The quantitative estimate of drug-likeness (QED) is 0.903. The van der Waals surface area contributed by atoms with Gasteiger partial charge < -0.3 is 19.5 Å². The van der Waals surface area contributed by atoms with Crippen molar-refractivity contribution >= 4 is 5.69 Å². The van der Waals surface area contributed by atoms with Crippen LogP contribution in [0.5, 0.6) is 0 Å². The highest BCUT2D eigenvalue weighted by Gasteiger charge is 2.25. The molecule has 0 aliphatic carbocycles. The van der Waals surface area contributed by atoms with Gasteiger partial charge in [-0.1, -0.05) is 12.1 Å². The number of benzene rings is 1. The van der Waals surface area contributed by atoms with Gasteiger partial charge in [0, 0.05) is 37.9 Å². The lowest BCUT2D eigenvalue weighted by Gasteiger charge is -2.37. The van der Waals surface area contributed by atoms with Gasteiger partial charge in [-0.2, -0.15) is 0 Å². The summed E-state index contributed by atoms with van der Waals surface area (Å²) in [6.45, 7) is 8.24. The second-order valence-corrected chi connectivity index (χ2v) is 6.18. The summed E-state index contributed by atoms with van der Waals surface area (Å²) in [5.41, 5.74) is 2.58. The molecule has 2 atom stereocenters. The average Bonchev–Trinajstić information content (AvgIpc) is 2.58. The van der Waals surface area contributed by atoms with Crippen molar-refractivity contribution in [2.45, 2.75) is 25.6 Å². The molecule has 2 aliphatic heterocycles. The fourth-order valence-corrected chi connectivity index (χ4v) is 3.07. The van der Waals surface area contributed by atoms with Gasteiger partial charge >= 0.3 is 0 Å². The molecule has 2 fully saturated rings. The molecule has 1 aromatic rings. The normalized spacial score (nSPS) is 27.1. The van der Waals surface area contributed by atoms with Crippen LogP contribution in [0.15, 0.2) is 24.3 Å². The van der Waals surface area contributed by atoms with E-state index in [0.29, 0.717) is 12.6 Å². The minimum atomic E-state index is -0.0520. The highest BCUT2D eigenvalue weighted by Crippen LogP contribution is 2.20. The van der Waals surface area contributed by atoms with Crippen molar-refractivity contribution in [3.05, 3.63) is 29.8 Å². The van der Waals surface area contributed by atoms with Gasteiger partial charge in [0.25, 0.3) is 0 Å². The van der Waals surface area contributed by atoms with Crippen LogP contribution in [0, 0.1) is 0 Å². The Balaban J connectivity index is 1.60. The second kappa shape index (κ2) is 7.42. The maximum Gasteiger partial charge on any atom is 0.0933 e. The van der Waals surface area contributed by atoms with Gasteiger partial charge in [0.15, 0.2) is 0 Å². The number of morpholine rings is 2. The fourth-order valence-electron chi connectivity index (χ4n) is 3.07. The molecule has 0 radical (unpaired) electrons. The van der Waals surface area contributed by atoms with Gasteiger partial charge in [0.2, 0.25) is 0 Å². The van der Waals surface area contributed by atoms with Crippen molar-refractivity contribution in [2.75, 3.05) is 51.0 Å². The molecule has 1 aromatic carbocycles. The summed E-state index contributed by atoms with van der Waals surface area (Å²) in [5, 5.41) is 9.27. The van der Waals surface area contributed by atoms with Crippen LogP contribution in [-0.4, -0.2) is 68.2 Å². The summed E-state index contributed by atoms with van der Waals surface area (Å²) in [7, 11) is 0. The summed E-state index contributed by atoms with van der Waals surface area (Å²) in [6, 6.07) is 9.22. The fraction of sp³-hybridized carbons (Fsp3) is 0.647. The third kappa shape index (κ3) is 3.79. The highest BCUT2D eigenvalue weighted by atomic mass is 16.5. The van der Waals surface area contributed by atoms with Crippen molar-refractivity contribution in [1.29, 1.82) is 0 Å². The van der Waals surface area contributed by atoms with Crippen LogP contribution in [0.2, 0.25) is 0 Å². The number of aliphatic hydroxyl groups is 1. The first-order valence-electron chi connectivity index (χ1n) is 8.14. The minimum absolute atomic E-state index is 0.0520. The third-order valence-corrected chi connectivity index (χ3v) is 4.54. The molecule has 1 N–H and O–H groups in total. The highest BCUT2D eigenvalue weighted by molar-refractivity contribution is 5.47. The van der Waals surface area contributed by atoms with Gasteiger partial charge in [0.1, 0.15) is 0 Å². The molecule has 0 bridgehead atoms. The first-order valence-corrected chi connectivity index (χ1v) is 8.14. The number of hydrogen-bond acceptors (Lipinski definition) is 5. The van der Waals surface area contributed by atoms with Crippen LogP contribution in [0.4, 0.5) is 5.69 Å². The summed E-state index contributed by atoms with van der Waals surface area (Å²) in [5.74, 6) is 0. The molecule has 0 amide bonds. The topological polar surface area (TPSA) is 45.2 Å². The van der Waals surface area contributed by atoms with Crippen molar-refractivity contribution in [1.82, 2.24) is 4.90 Å². The Morgan fingerprint density at radius 2 is 1.91 bits per heavy atom. The molecule has 122 valence electrons. The third-order valence-electron chi connectivity index (χ3n) is 4.54. The van der Waals surface area contributed by atoms with Gasteiger partial charge in [-0.3, -0.25) is 4.90 Å². The van der Waals surface area contributed by atoms with Gasteiger partial charge in [0.05, 0.1) is 32.5 Å². The predicted molar refractivity (Wildman–Crippen MR) is 86.2 cm³/mol. The van der Waals surface area contributed by atoms with E-state index in [2.05, 4.69) is 41.0 Å². The van der Waals surface area contributed by atoms with Gasteiger partial charge in [-0.25, -0.2) is 0 Å². The Morgan fingerprint density at radius 1 is 1.18 bits per heavy atom. The summed E-state index contributed by atoms with van der Waals surface area (Å²) in [4.78, 5) is 4.75. The SMILES string of the molecule is CC1COC(CO)CN1Cc1ccc(N2CCOCC2)cc1. The van der Waals surface area contributed by atoms with E-state index >= 15 is 0 Å². The minimum Gasteiger partial charge on any atom is -0.394 e. The van der Waals surface area contributed by atoms with Crippen molar-refractivity contribution in [3.8, 4) is 0 Å². The number of rotatable bonds is 4. The maximum absolute atomic E-state index is 9.27. The Morgan fingerprint density at radius 3 is 2.59 bits per heavy atom. The Hall–Kier alpha value is -1.14. The average molecular weight is 306 g/mol. The van der Waals surface area contributed by atoms with E-state index in [4.69, 9.17) is 9.47 Å². The second-order valence-electron chi connectivity index (χ2n) is 6.18. The van der Waals surface area contributed by atoms with Crippen LogP contribution < -0.4 is 4.90 Å². The first-order chi connectivity index (χ1) is 10.8. The van der Waals surface area contributed by atoms with E-state index in [-0.39, 0.29) is 12.7 Å². The van der Waals surface area contributed by atoms with E-state index in [9.17, 15) is 5.11 Å². The van der Waals surface area contributed by atoms with E-state index in [1.54, 1.807) is 0 Å². The summed E-state index contributed by atoms with van der Waals surface area (Å²) >= 11 is 0. The summed E-state index contributed by atoms with van der Waals surface area (Å²) < 4.78 is 11.0. The van der Waals surface area contributed by atoms with Crippen LogP contribution >= 0.6 is 0 Å². The van der Waals surface area contributed by atoms with Crippen molar-refractivity contribution in [2.24, 2.45) is 0 Å². The van der Waals surface area contributed by atoms with Gasteiger partial charge in [-0.15, -0.1) is 0 Å². The number of aliphatic hydroxyl groups excluding tert-OH is 1. The molecule has 22 heavy (non-hydrogen) atoms. The maximum atomic E-state index is 9.27. The number of anilines is 1. The Bertz CT molecular complexity index is 459. The number of nitrogens with zero attached hydrogens (tertiary/aromatic N) is 2. The van der Waals surface area contributed by atoms with Crippen molar-refractivity contribution < 1.29 is 14.6 Å². The standard InChI is InChI=1S/C17H26N2O3/c1-14-13-22-17(12-20)11-19(14)10-15-2-4-16(5-3-15)18-6-8-21-9-7-18/h2-5,14,17,20H,6-13H2,1H3. The molecule has 0 aromatic heterocycles. The molecule has 5 nitrogen and oxygen atoms in total. The van der Waals surface area contributed by atoms with E-state index in [0.717, 1.165) is 39.4 Å². The Labute approximate surface area is 132 Å². The Kier molecular flexibility index (Phi) is 5.31. The zero-order chi connectivity index (χ0) is 15.4. The molecule has 2 heterocycles. The van der Waals surface area contributed by atoms with Crippen LogP contribution in [0.1, 0.15) is 12.5 Å². The lowest BCUT2D eigenvalue weighted by molar-refractivity contribution is -0.0805. The molecule has 2 saturated heterocycles. The molecule has 0 saturated carbocycles. The van der Waals surface area contributed by atoms with Crippen LogP contribution in [0.25, 0.3) is 0 Å². The molecule has 2 aliphatic rings. The lowest BCUT2D eigenvalue weighted by Crippen LogP contribution is -2.48. The number of hydrogen-bond donors (Lipinski definition) is 1. The molecule has 2 unspecified atom stereocenters. The molecule has 5 heteroatoms. The molecular formula is C17H26N2O3. The smallest absolute Gasteiger partial charge is 0.0933 e. The zero-order valence-electron chi connectivity index (χ0n) is 13.3. The van der Waals surface area contributed by atoms with Crippen LogP contribution in [0.3, 0.4) is 0 Å². The number of ether oxygens (including phenoxy) is 2. The van der Waals surface area contributed by atoms with Crippen molar-refractivity contribution in [3.63, 3.8) is 0 Å². The van der Waals surface area contributed by atoms with E-state index < -0.39 is 0 Å². The first kappa shape index (κ1) is 15.7. The monoisotopic (exact) mass is 306 g/mol. The lowest BCUT2D eigenvalue weighted by atomic mass is 10.1. The van der Waals surface area contributed by atoms with E-state index in [1.807, 2.05) is 0 Å². The summed E-state index contributed by atoms with van der Waals surface area (Å²) in [6.07, 6.45) is -0.0520. The van der Waals surface area contributed by atoms with E-state index in [1.165, 1.54) is 11.3 Å².